The van der Waals surface area contributed by atoms with Crippen LogP contribution in [0.4, 0.5) is 0 Å². The van der Waals surface area contributed by atoms with E-state index in [0.717, 1.165) is 17.5 Å². The van der Waals surface area contributed by atoms with Crippen LogP contribution in [0.5, 0.6) is 0 Å². The van der Waals surface area contributed by atoms with Crippen molar-refractivity contribution < 1.29 is 0 Å². The smallest absolute Gasteiger partial charge is 0.167 e. The van der Waals surface area contributed by atoms with Crippen molar-refractivity contribution in [3.63, 3.8) is 0 Å². The van der Waals surface area contributed by atoms with Crippen LogP contribution in [0.25, 0.3) is 11.0 Å². The van der Waals surface area contributed by atoms with E-state index in [0.29, 0.717) is 0 Å². The predicted octanol–water partition coefficient (Wildman–Crippen LogP) is 3.50. The lowest BCUT2D eigenvalue weighted by atomic mass is 10.1. The summed E-state index contributed by atoms with van der Waals surface area (Å²) in [6, 6.07) is 5.90. The van der Waals surface area contributed by atoms with Crippen LogP contribution in [0.1, 0.15) is 12.5 Å². The Balaban J connectivity index is 2.70. The Kier molecular flexibility index (Phi) is 2.57. The number of rotatable bonds is 1. The monoisotopic (exact) mass is 226 g/mol. The average Bonchev–Trinajstić information content (AvgIpc) is 2.19. The van der Waals surface area contributed by atoms with Crippen molar-refractivity contribution >= 4 is 34.2 Å². The molecule has 0 spiro atoms. The lowest BCUT2D eigenvalue weighted by Crippen LogP contribution is -1.88. The Hall–Kier alpha value is -0.860. The minimum atomic E-state index is 0.253. The van der Waals surface area contributed by atoms with E-state index < -0.39 is 0 Å². The maximum Gasteiger partial charge on any atom is 0.167 e. The molecule has 72 valence electrons. The number of hydrogen-bond acceptors (Lipinski definition) is 2. The van der Waals surface area contributed by atoms with Crippen LogP contribution in [0.2, 0.25) is 10.3 Å². The predicted molar refractivity (Wildman–Crippen MR) is 58.9 cm³/mol. The molecule has 0 radical (unpaired) electrons. The van der Waals surface area contributed by atoms with Crippen LogP contribution < -0.4 is 0 Å². The fourth-order valence-corrected chi connectivity index (χ4v) is 1.54. The van der Waals surface area contributed by atoms with Gasteiger partial charge in [0.1, 0.15) is 0 Å². The van der Waals surface area contributed by atoms with E-state index >= 15 is 0 Å². The molecule has 2 nitrogen and oxygen atoms in total. The van der Waals surface area contributed by atoms with Crippen LogP contribution >= 0.6 is 23.2 Å². The average molecular weight is 227 g/mol. The highest BCUT2D eigenvalue weighted by atomic mass is 35.5. The molecule has 1 aromatic carbocycles. The van der Waals surface area contributed by atoms with Crippen LogP contribution in [-0.2, 0) is 6.42 Å². The molecule has 0 unspecified atom stereocenters. The van der Waals surface area contributed by atoms with Crippen molar-refractivity contribution in [1.82, 2.24) is 9.97 Å². The quantitative estimate of drug-likeness (QED) is 0.745. The molecule has 0 atom stereocenters. The number of nitrogens with zero attached hydrogens (tertiary/aromatic N) is 2. The second kappa shape index (κ2) is 3.71. The molecule has 0 N–H and O–H groups in total. The van der Waals surface area contributed by atoms with Gasteiger partial charge in [-0.3, -0.25) is 0 Å². The number of halogens is 2. The second-order valence-corrected chi connectivity index (χ2v) is 3.70. The van der Waals surface area contributed by atoms with Crippen molar-refractivity contribution in [2.24, 2.45) is 0 Å². The highest BCUT2D eigenvalue weighted by Gasteiger charge is 2.04. The zero-order valence-electron chi connectivity index (χ0n) is 7.59. The van der Waals surface area contributed by atoms with Gasteiger partial charge in [0.15, 0.2) is 10.3 Å². The maximum absolute atomic E-state index is 5.78. The molecule has 14 heavy (non-hydrogen) atoms. The largest absolute Gasteiger partial charge is 0.231 e. The SMILES string of the molecule is CCc1ccc2nc(Cl)c(Cl)nc2c1. The highest BCUT2D eigenvalue weighted by Crippen LogP contribution is 2.21. The summed E-state index contributed by atoms with van der Waals surface area (Å²) in [6.45, 7) is 2.09. The molecule has 1 aromatic heterocycles. The molecular weight excluding hydrogens is 219 g/mol. The van der Waals surface area contributed by atoms with Crippen LogP contribution in [0, 0.1) is 0 Å². The third-order valence-electron chi connectivity index (χ3n) is 2.06. The second-order valence-electron chi connectivity index (χ2n) is 2.98. The summed E-state index contributed by atoms with van der Waals surface area (Å²) in [4.78, 5) is 8.28. The molecule has 0 fully saturated rings. The summed E-state index contributed by atoms with van der Waals surface area (Å²) in [6.07, 6.45) is 0.970. The zero-order valence-corrected chi connectivity index (χ0v) is 9.10. The standard InChI is InChI=1S/C10H8Cl2N2/c1-2-6-3-4-7-8(5-6)14-10(12)9(11)13-7/h3-5H,2H2,1H3. The third kappa shape index (κ3) is 1.68. The Bertz CT molecular complexity index is 483. The van der Waals surface area contributed by atoms with E-state index in [2.05, 4.69) is 16.9 Å². The van der Waals surface area contributed by atoms with Crippen molar-refractivity contribution in [2.45, 2.75) is 13.3 Å². The first-order valence-electron chi connectivity index (χ1n) is 4.32. The summed E-state index contributed by atoms with van der Waals surface area (Å²) in [5.41, 5.74) is 2.78. The molecule has 2 aromatic rings. The van der Waals surface area contributed by atoms with Crippen LogP contribution in [-0.4, -0.2) is 9.97 Å². The van der Waals surface area contributed by atoms with Gasteiger partial charge in [0.05, 0.1) is 11.0 Å². The van der Waals surface area contributed by atoms with Crippen molar-refractivity contribution in [2.75, 3.05) is 0 Å². The van der Waals surface area contributed by atoms with Gasteiger partial charge in [0.2, 0.25) is 0 Å². The maximum atomic E-state index is 5.78. The molecule has 4 heteroatoms. The molecule has 0 aliphatic rings. The van der Waals surface area contributed by atoms with E-state index in [1.807, 2.05) is 18.2 Å². The van der Waals surface area contributed by atoms with Crippen LogP contribution in [0.3, 0.4) is 0 Å². The third-order valence-corrected chi connectivity index (χ3v) is 2.68. The molecular formula is C10H8Cl2N2. The summed E-state index contributed by atoms with van der Waals surface area (Å²) in [5.74, 6) is 0. The summed E-state index contributed by atoms with van der Waals surface area (Å²) in [7, 11) is 0. The molecule has 0 aliphatic heterocycles. The van der Waals surface area contributed by atoms with Gasteiger partial charge in [0, 0.05) is 0 Å². The fourth-order valence-electron chi connectivity index (χ4n) is 1.28. The Morgan fingerprint density at radius 3 is 2.36 bits per heavy atom. The lowest BCUT2D eigenvalue weighted by Gasteiger charge is -2.01. The number of hydrogen-bond donors (Lipinski definition) is 0. The van der Waals surface area contributed by atoms with E-state index in [-0.39, 0.29) is 10.3 Å². The Morgan fingerprint density at radius 1 is 1.07 bits per heavy atom. The lowest BCUT2D eigenvalue weighted by molar-refractivity contribution is 1.14. The first-order chi connectivity index (χ1) is 6.70. The fraction of sp³-hybridized carbons (Fsp3) is 0.200. The highest BCUT2D eigenvalue weighted by molar-refractivity contribution is 6.40. The van der Waals surface area contributed by atoms with Gasteiger partial charge < -0.3 is 0 Å². The zero-order chi connectivity index (χ0) is 10.1. The van der Waals surface area contributed by atoms with E-state index in [4.69, 9.17) is 23.2 Å². The normalized spacial score (nSPS) is 10.8. The van der Waals surface area contributed by atoms with Gasteiger partial charge in [-0.1, -0.05) is 36.2 Å². The Morgan fingerprint density at radius 2 is 1.71 bits per heavy atom. The van der Waals surface area contributed by atoms with Crippen LogP contribution in [0.15, 0.2) is 18.2 Å². The molecule has 0 bridgehead atoms. The first-order valence-corrected chi connectivity index (χ1v) is 5.08. The van der Waals surface area contributed by atoms with Gasteiger partial charge in [-0.25, -0.2) is 9.97 Å². The van der Waals surface area contributed by atoms with E-state index in [9.17, 15) is 0 Å². The summed E-state index contributed by atoms with van der Waals surface area (Å²) < 4.78 is 0. The summed E-state index contributed by atoms with van der Waals surface area (Å²) in [5, 5.41) is 0.510. The van der Waals surface area contributed by atoms with Gasteiger partial charge >= 0.3 is 0 Å². The van der Waals surface area contributed by atoms with Gasteiger partial charge in [-0.2, -0.15) is 0 Å². The molecule has 2 rings (SSSR count). The minimum absolute atomic E-state index is 0.253. The number of aryl methyl sites for hydroxylation is 1. The molecule has 0 saturated carbocycles. The number of benzene rings is 1. The first kappa shape index (κ1) is 9.69. The molecule has 0 aliphatic carbocycles. The number of fused-ring (bicyclic) bond motifs is 1. The van der Waals surface area contributed by atoms with E-state index in [1.54, 1.807) is 0 Å². The number of aromatic nitrogens is 2. The van der Waals surface area contributed by atoms with Gasteiger partial charge in [-0.15, -0.1) is 0 Å². The minimum Gasteiger partial charge on any atom is -0.231 e. The molecule has 0 amide bonds. The molecule has 1 heterocycles. The molecule has 0 saturated heterocycles. The van der Waals surface area contributed by atoms with Crippen molar-refractivity contribution in [3.05, 3.63) is 34.1 Å². The van der Waals surface area contributed by atoms with Crippen molar-refractivity contribution in [1.29, 1.82) is 0 Å². The Labute approximate surface area is 91.9 Å². The van der Waals surface area contributed by atoms with Gasteiger partial charge in [-0.05, 0) is 24.1 Å². The topological polar surface area (TPSA) is 25.8 Å². The van der Waals surface area contributed by atoms with Crippen molar-refractivity contribution in [3.8, 4) is 0 Å². The van der Waals surface area contributed by atoms with E-state index in [1.165, 1.54) is 5.56 Å². The summed E-state index contributed by atoms with van der Waals surface area (Å²) >= 11 is 11.5. The van der Waals surface area contributed by atoms with Gasteiger partial charge in [0.25, 0.3) is 0 Å².